The maximum atomic E-state index is 13.1. The lowest BCUT2D eigenvalue weighted by molar-refractivity contribution is -0.140. The van der Waals surface area contributed by atoms with Crippen molar-refractivity contribution < 1.29 is 19.4 Å². The lowest BCUT2D eigenvalue weighted by Gasteiger charge is -2.25. The summed E-state index contributed by atoms with van der Waals surface area (Å²) in [5, 5.41) is 11.0. The van der Waals surface area contributed by atoms with Crippen molar-refractivity contribution in [2.75, 3.05) is 6.61 Å². The quantitative estimate of drug-likeness (QED) is 0.373. The molecule has 3 aromatic rings. The first-order chi connectivity index (χ1) is 15.1. The number of aliphatic hydroxyl groups excluding tert-OH is 1. The highest BCUT2D eigenvalue weighted by Gasteiger charge is 2.46. The number of nitrogens with zero attached hydrogens (tertiary/aromatic N) is 2. The van der Waals surface area contributed by atoms with E-state index in [1.54, 1.807) is 48.8 Å². The number of hydrogen-bond donors (Lipinski definition) is 1. The minimum Gasteiger partial charge on any atom is -0.507 e. The maximum absolute atomic E-state index is 13.1. The molecule has 0 bridgehead atoms. The number of carbonyl (C=O) groups is 2. The van der Waals surface area contributed by atoms with E-state index in [1.807, 2.05) is 37.3 Å². The van der Waals surface area contributed by atoms with Crippen molar-refractivity contribution >= 4 is 17.4 Å². The Morgan fingerprint density at radius 2 is 1.87 bits per heavy atom. The monoisotopic (exact) mass is 414 g/mol. The summed E-state index contributed by atoms with van der Waals surface area (Å²) in [6, 6.07) is 18.9. The Morgan fingerprint density at radius 1 is 1.06 bits per heavy atom. The number of pyridine rings is 1. The third-order valence-corrected chi connectivity index (χ3v) is 5.15. The van der Waals surface area contributed by atoms with E-state index in [-0.39, 0.29) is 17.9 Å². The van der Waals surface area contributed by atoms with E-state index >= 15 is 0 Å². The molecule has 1 atom stereocenters. The summed E-state index contributed by atoms with van der Waals surface area (Å²) in [5.41, 5.74) is 2.02. The highest BCUT2D eigenvalue weighted by Crippen LogP contribution is 2.41. The van der Waals surface area contributed by atoms with Crippen molar-refractivity contribution in [1.29, 1.82) is 0 Å². The van der Waals surface area contributed by atoms with Crippen LogP contribution in [0.25, 0.3) is 5.76 Å². The van der Waals surface area contributed by atoms with Crippen LogP contribution in [-0.4, -0.2) is 33.3 Å². The molecular weight excluding hydrogens is 392 g/mol. The number of ketones is 1. The smallest absolute Gasteiger partial charge is 0.295 e. The van der Waals surface area contributed by atoms with Crippen molar-refractivity contribution in [1.82, 2.24) is 9.88 Å². The molecule has 0 radical (unpaired) electrons. The van der Waals surface area contributed by atoms with E-state index in [0.717, 1.165) is 5.56 Å². The fourth-order valence-corrected chi connectivity index (χ4v) is 3.77. The molecule has 1 fully saturated rings. The van der Waals surface area contributed by atoms with E-state index in [4.69, 9.17) is 4.74 Å². The lowest BCUT2D eigenvalue weighted by Crippen LogP contribution is -2.29. The van der Waals surface area contributed by atoms with Gasteiger partial charge in [-0.1, -0.05) is 48.5 Å². The first-order valence-electron chi connectivity index (χ1n) is 10.1. The standard InChI is InChI=1S/C25H22N2O4/c1-2-31-20-12-6-11-19(14-20)22-21(23(28)18-9-4-3-5-10-18)24(29)25(30)27(22)16-17-8-7-13-26-15-17/h3-15,22,28H,2,16H2,1H3. The number of Topliss-reactive ketones (excluding diaryl/α,β-unsaturated/α-hetero) is 1. The predicted molar refractivity (Wildman–Crippen MR) is 116 cm³/mol. The van der Waals surface area contributed by atoms with Crippen LogP contribution < -0.4 is 4.74 Å². The molecule has 156 valence electrons. The number of aromatic nitrogens is 1. The van der Waals surface area contributed by atoms with Crippen molar-refractivity contribution in [2.45, 2.75) is 19.5 Å². The molecule has 6 heteroatoms. The molecule has 4 rings (SSSR count). The topological polar surface area (TPSA) is 79.7 Å². The average Bonchev–Trinajstić information content (AvgIpc) is 3.05. The number of likely N-dealkylation sites (tertiary alicyclic amines) is 1. The second-order valence-electron chi connectivity index (χ2n) is 7.16. The minimum absolute atomic E-state index is 0.0636. The third-order valence-electron chi connectivity index (χ3n) is 5.15. The number of hydrogen-bond acceptors (Lipinski definition) is 5. The Kier molecular flexibility index (Phi) is 5.80. The number of benzene rings is 2. The van der Waals surface area contributed by atoms with Crippen LogP contribution in [0.2, 0.25) is 0 Å². The van der Waals surface area contributed by atoms with Gasteiger partial charge in [-0.3, -0.25) is 14.6 Å². The molecule has 0 spiro atoms. The largest absolute Gasteiger partial charge is 0.507 e. The number of amides is 1. The van der Waals surface area contributed by atoms with Gasteiger partial charge in [-0.25, -0.2) is 0 Å². The second-order valence-corrected chi connectivity index (χ2v) is 7.16. The Morgan fingerprint density at radius 3 is 2.58 bits per heavy atom. The summed E-state index contributed by atoms with van der Waals surface area (Å²) in [7, 11) is 0. The predicted octanol–water partition coefficient (Wildman–Crippen LogP) is 4.10. The molecule has 1 aromatic heterocycles. The molecule has 2 heterocycles. The molecule has 1 N–H and O–H groups in total. The second kappa shape index (κ2) is 8.83. The summed E-state index contributed by atoms with van der Waals surface area (Å²) < 4.78 is 5.62. The molecular formula is C25H22N2O4. The molecule has 1 amide bonds. The van der Waals surface area contributed by atoms with E-state index in [1.165, 1.54) is 4.90 Å². The zero-order valence-electron chi connectivity index (χ0n) is 17.1. The molecule has 6 nitrogen and oxygen atoms in total. The van der Waals surface area contributed by atoms with Gasteiger partial charge in [0.15, 0.2) is 0 Å². The van der Waals surface area contributed by atoms with Gasteiger partial charge in [0.1, 0.15) is 11.5 Å². The van der Waals surface area contributed by atoms with Gasteiger partial charge in [0.25, 0.3) is 11.7 Å². The Hall–Kier alpha value is -3.93. The van der Waals surface area contributed by atoms with Crippen molar-refractivity contribution in [3.05, 3.63) is 101 Å². The fraction of sp³-hybridized carbons (Fsp3) is 0.160. The van der Waals surface area contributed by atoms with Crippen LogP contribution in [0.5, 0.6) is 5.75 Å². The van der Waals surface area contributed by atoms with Gasteiger partial charge in [0.05, 0.1) is 18.2 Å². The van der Waals surface area contributed by atoms with Gasteiger partial charge in [0, 0.05) is 24.5 Å². The van der Waals surface area contributed by atoms with Gasteiger partial charge >= 0.3 is 0 Å². The van der Waals surface area contributed by atoms with Crippen molar-refractivity contribution in [2.24, 2.45) is 0 Å². The molecule has 31 heavy (non-hydrogen) atoms. The fourth-order valence-electron chi connectivity index (χ4n) is 3.77. The molecule has 2 aromatic carbocycles. The van der Waals surface area contributed by atoms with Gasteiger partial charge in [0.2, 0.25) is 0 Å². The first-order valence-corrected chi connectivity index (χ1v) is 10.1. The van der Waals surface area contributed by atoms with Gasteiger partial charge in [-0.15, -0.1) is 0 Å². The van der Waals surface area contributed by atoms with E-state index in [9.17, 15) is 14.7 Å². The zero-order chi connectivity index (χ0) is 21.8. The maximum Gasteiger partial charge on any atom is 0.295 e. The average molecular weight is 414 g/mol. The lowest BCUT2D eigenvalue weighted by atomic mass is 9.95. The highest BCUT2D eigenvalue weighted by atomic mass is 16.5. The summed E-state index contributed by atoms with van der Waals surface area (Å²) in [6.07, 6.45) is 3.31. The zero-order valence-corrected chi connectivity index (χ0v) is 17.1. The van der Waals surface area contributed by atoms with Crippen LogP contribution >= 0.6 is 0 Å². The number of ether oxygens (including phenoxy) is 1. The van der Waals surface area contributed by atoms with Crippen LogP contribution in [0.15, 0.2) is 84.7 Å². The van der Waals surface area contributed by atoms with E-state index in [2.05, 4.69) is 4.98 Å². The molecule has 1 unspecified atom stereocenters. The molecule has 0 aliphatic carbocycles. The van der Waals surface area contributed by atoms with Crippen LogP contribution in [-0.2, 0) is 16.1 Å². The highest BCUT2D eigenvalue weighted by molar-refractivity contribution is 6.46. The minimum atomic E-state index is -0.749. The third kappa shape index (κ3) is 4.05. The first kappa shape index (κ1) is 20.3. The summed E-state index contributed by atoms with van der Waals surface area (Å²) in [4.78, 5) is 31.7. The van der Waals surface area contributed by atoms with Crippen LogP contribution in [0.1, 0.15) is 29.7 Å². The van der Waals surface area contributed by atoms with Gasteiger partial charge in [-0.05, 0) is 36.2 Å². The molecule has 0 saturated carbocycles. The van der Waals surface area contributed by atoms with Crippen LogP contribution in [0.4, 0.5) is 0 Å². The van der Waals surface area contributed by atoms with Crippen molar-refractivity contribution in [3.8, 4) is 5.75 Å². The molecule has 1 aliphatic heterocycles. The molecule has 1 aliphatic rings. The SMILES string of the molecule is CCOc1cccc(C2C(=C(O)c3ccccc3)C(=O)C(=O)N2Cc2cccnc2)c1. The normalized spacial score (nSPS) is 17.7. The Bertz CT molecular complexity index is 1130. The number of aliphatic hydroxyl groups is 1. The molecule has 1 saturated heterocycles. The Labute approximate surface area is 180 Å². The number of carbonyl (C=O) groups excluding carboxylic acids is 2. The Balaban J connectivity index is 1.86. The summed E-state index contributed by atoms with van der Waals surface area (Å²) in [5.74, 6) is -0.934. The summed E-state index contributed by atoms with van der Waals surface area (Å²) >= 11 is 0. The van der Waals surface area contributed by atoms with Crippen molar-refractivity contribution in [3.63, 3.8) is 0 Å². The van der Waals surface area contributed by atoms with Gasteiger partial charge < -0.3 is 14.7 Å². The van der Waals surface area contributed by atoms with Gasteiger partial charge in [-0.2, -0.15) is 0 Å². The van der Waals surface area contributed by atoms with E-state index in [0.29, 0.717) is 23.5 Å². The van der Waals surface area contributed by atoms with E-state index < -0.39 is 17.7 Å². The van der Waals surface area contributed by atoms with Crippen LogP contribution in [0, 0.1) is 0 Å². The number of rotatable bonds is 6. The summed E-state index contributed by atoms with van der Waals surface area (Å²) in [6.45, 7) is 2.56. The van der Waals surface area contributed by atoms with Crippen LogP contribution in [0.3, 0.4) is 0 Å².